The summed E-state index contributed by atoms with van der Waals surface area (Å²) in [4.78, 5) is 8.58. The van der Waals surface area contributed by atoms with Gasteiger partial charge in [0.05, 0.1) is 18.0 Å². The van der Waals surface area contributed by atoms with Crippen LogP contribution in [0.5, 0.6) is 0 Å². The molecular weight excluding hydrogens is 307 g/mol. The number of aryl methyl sites for hydroxylation is 1. The molecule has 0 unspecified atom stereocenters. The van der Waals surface area contributed by atoms with Crippen LogP contribution in [-0.4, -0.2) is 29.9 Å². The smallest absolute Gasteiger partial charge is 0.162 e. The van der Waals surface area contributed by atoms with Crippen LogP contribution >= 0.6 is 0 Å². The molecule has 0 radical (unpaired) electrons. The maximum atomic E-state index is 14.2. The molecule has 1 N–H and O–H groups in total. The van der Waals surface area contributed by atoms with Crippen molar-refractivity contribution in [2.45, 2.75) is 0 Å². The van der Waals surface area contributed by atoms with E-state index < -0.39 is 0 Å². The Labute approximate surface area is 137 Å². The van der Waals surface area contributed by atoms with Crippen LogP contribution in [0.1, 0.15) is 0 Å². The van der Waals surface area contributed by atoms with E-state index in [1.807, 2.05) is 13.2 Å². The Kier molecular flexibility index (Phi) is 3.38. The maximum Gasteiger partial charge on any atom is 0.162 e. The van der Waals surface area contributed by atoms with E-state index in [0.717, 1.165) is 22.3 Å². The van der Waals surface area contributed by atoms with Crippen LogP contribution in [0.4, 0.5) is 4.39 Å². The van der Waals surface area contributed by atoms with E-state index in [-0.39, 0.29) is 5.82 Å². The molecule has 0 saturated carbocycles. The van der Waals surface area contributed by atoms with Gasteiger partial charge in [-0.1, -0.05) is 6.07 Å². The molecule has 24 heavy (non-hydrogen) atoms. The third-order valence-corrected chi connectivity index (χ3v) is 3.73. The summed E-state index contributed by atoms with van der Waals surface area (Å²) in [7, 11) is 1.84. The van der Waals surface area contributed by atoms with Crippen molar-refractivity contribution >= 4 is 0 Å². The summed E-state index contributed by atoms with van der Waals surface area (Å²) in [5.41, 5.74) is 3.83. The first-order valence-corrected chi connectivity index (χ1v) is 7.31. The summed E-state index contributed by atoms with van der Waals surface area (Å²) in [6.07, 6.45) is 10.4. The highest BCUT2D eigenvalue weighted by Gasteiger charge is 2.11. The molecular formula is C17H13FN6. The number of nitrogens with zero attached hydrogens (tertiary/aromatic N) is 5. The lowest BCUT2D eigenvalue weighted by atomic mass is 10.1. The summed E-state index contributed by atoms with van der Waals surface area (Å²) in [5.74, 6) is -0.0239. The third kappa shape index (κ3) is 2.56. The quantitative estimate of drug-likeness (QED) is 0.629. The molecule has 0 saturated heterocycles. The van der Waals surface area contributed by atoms with E-state index in [9.17, 15) is 4.39 Å². The summed E-state index contributed by atoms with van der Waals surface area (Å²) in [6, 6.07) is 4.87. The van der Waals surface area contributed by atoms with Gasteiger partial charge < -0.3 is 0 Å². The van der Waals surface area contributed by atoms with Gasteiger partial charge in [-0.3, -0.25) is 9.78 Å². The zero-order valence-corrected chi connectivity index (χ0v) is 12.8. The second-order valence-electron chi connectivity index (χ2n) is 5.38. The molecule has 0 aliphatic rings. The molecule has 0 aliphatic carbocycles. The van der Waals surface area contributed by atoms with Gasteiger partial charge in [0, 0.05) is 48.5 Å². The van der Waals surface area contributed by atoms with E-state index in [1.54, 1.807) is 47.8 Å². The number of benzene rings is 1. The van der Waals surface area contributed by atoms with Crippen molar-refractivity contribution in [3.8, 4) is 33.6 Å². The number of aromatic nitrogens is 6. The van der Waals surface area contributed by atoms with E-state index in [2.05, 4.69) is 25.3 Å². The van der Waals surface area contributed by atoms with Crippen LogP contribution in [0, 0.1) is 5.82 Å². The minimum Gasteiger partial charge on any atom is -0.285 e. The molecule has 0 fully saturated rings. The zero-order chi connectivity index (χ0) is 16.5. The molecule has 0 atom stereocenters. The molecule has 3 aromatic heterocycles. The second kappa shape index (κ2) is 5.69. The largest absolute Gasteiger partial charge is 0.285 e. The van der Waals surface area contributed by atoms with Crippen LogP contribution < -0.4 is 0 Å². The number of aromatic amines is 1. The van der Waals surface area contributed by atoms with Crippen LogP contribution in [0.15, 0.2) is 55.4 Å². The second-order valence-corrected chi connectivity index (χ2v) is 5.38. The molecule has 4 rings (SSSR count). The van der Waals surface area contributed by atoms with Gasteiger partial charge in [0.25, 0.3) is 0 Å². The Morgan fingerprint density at radius 1 is 0.958 bits per heavy atom. The summed E-state index contributed by atoms with van der Waals surface area (Å²) in [5, 5.41) is 10.8. The standard InChI is InChI=1S/C17H13FN6/c1-24-10-14(9-23-24)11-2-3-16(18)15(4-11)17-19-5-12(6-20-17)13-7-21-22-8-13/h2-10H,1H3,(H,21,22). The Bertz CT molecular complexity index is 973. The third-order valence-electron chi connectivity index (χ3n) is 3.73. The molecule has 0 spiro atoms. The van der Waals surface area contributed by atoms with Gasteiger partial charge >= 0.3 is 0 Å². The average molecular weight is 320 g/mol. The lowest BCUT2D eigenvalue weighted by molar-refractivity contribution is 0.630. The molecule has 0 amide bonds. The fourth-order valence-electron chi connectivity index (χ4n) is 2.47. The van der Waals surface area contributed by atoms with Crippen molar-refractivity contribution < 1.29 is 4.39 Å². The number of nitrogens with one attached hydrogen (secondary N) is 1. The predicted octanol–water partition coefficient (Wildman–Crippen LogP) is 3.07. The average Bonchev–Trinajstić information content (AvgIpc) is 3.27. The first kappa shape index (κ1) is 14.3. The molecule has 0 aliphatic heterocycles. The van der Waals surface area contributed by atoms with E-state index >= 15 is 0 Å². The Hall–Kier alpha value is -3.35. The van der Waals surface area contributed by atoms with Crippen molar-refractivity contribution in [1.82, 2.24) is 29.9 Å². The molecule has 118 valence electrons. The lowest BCUT2D eigenvalue weighted by Gasteiger charge is -2.05. The molecule has 1 aromatic carbocycles. The first-order chi connectivity index (χ1) is 11.7. The number of hydrogen-bond acceptors (Lipinski definition) is 4. The van der Waals surface area contributed by atoms with Crippen molar-refractivity contribution in [3.63, 3.8) is 0 Å². The highest BCUT2D eigenvalue weighted by Crippen LogP contribution is 2.27. The minimum absolute atomic E-state index is 0.338. The van der Waals surface area contributed by atoms with Gasteiger partial charge in [0.15, 0.2) is 5.82 Å². The van der Waals surface area contributed by atoms with Gasteiger partial charge in [-0.25, -0.2) is 14.4 Å². The Balaban J connectivity index is 1.73. The summed E-state index contributed by atoms with van der Waals surface area (Å²) >= 11 is 0. The number of H-pyrrole nitrogens is 1. The van der Waals surface area contributed by atoms with Crippen molar-refractivity contribution in [2.24, 2.45) is 7.05 Å². The number of rotatable bonds is 3. The van der Waals surface area contributed by atoms with Crippen molar-refractivity contribution in [3.05, 3.63) is 61.2 Å². The highest BCUT2D eigenvalue weighted by atomic mass is 19.1. The number of hydrogen-bond donors (Lipinski definition) is 1. The highest BCUT2D eigenvalue weighted by molar-refractivity contribution is 5.70. The molecule has 4 aromatic rings. The predicted molar refractivity (Wildman–Crippen MR) is 87.2 cm³/mol. The van der Waals surface area contributed by atoms with E-state index in [0.29, 0.717) is 11.4 Å². The minimum atomic E-state index is -0.362. The van der Waals surface area contributed by atoms with Gasteiger partial charge in [-0.05, 0) is 17.7 Å². The Morgan fingerprint density at radius 2 is 1.79 bits per heavy atom. The fourth-order valence-corrected chi connectivity index (χ4v) is 2.47. The zero-order valence-electron chi connectivity index (χ0n) is 12.8. The molecule has 6 nitrogen and oxygen atoms in total. The monoisotopic (exact) mass is 320 g/mol. The molecule has 0 bridgehead atoms. The van der Waals surface area contributed by atoms with E-state index in [1.165, 1.54) is 6.07 Å². The van der Waals surface area contributed by atoms with Gasteiger partial charge in [-0.2, -0.15) is 10.2 Å². The first-order valence-electron chi connectivity index (χ1n) is 7.31. The number of halogens is 1. The van der Waals surface area contributed by atoms with Crippen LogP contribution in [0.2, 0.25) is 0 Å². The topological polar surface area (TPSA) is 72.3 Å². The molecule has 7 heteroatoms. The van der Waals surface area contributed by atoms with E-state index in [4.69, 9.17) is 0 Å². The summed E-state index contributed by atoms with van der Waals surface area (Å²) in [6.45, 7) is 0. The van der Waals surface area contributed by atoms with Crippen LogP contribution in [0.3, 0.4) is 0 Å². The SMILES string of the molecule is Cn1cc(-c2ccc(F)c(-c3ncc(-c4cn[nH]c4)cn3)c2)cn1. The van der Waals surface area contributed by atoms with Crippen molar-refractivity contribution in [2.75, 3.05) is 0 Å². The van der Waals surface area contributed by atoms with Crippen LogP contribution in [0.25, 0.3) is 33.6 Å². The maximum absolute atomic E-state index is 14.2. The fraction of sp³-hybridized carbons (Fsp3) is 0.0588. The van der Waals surface area contributed by atoms with Gasteiger partial charge in [0.1, 0.15) is 5.82 Å². The van der Waals surface area contributed by atoms with Gasteiger partial charge in [-0.15, -0.1) is 0 Å². The Morgan fingerprint density at radius 3 is 2.46 bits per heavy atom. The van der Waals surface area contributed by atoms with Crippen LogP contribution in [-0.2, 0) is 7.05 Å². The van der Waals surface area contributed by atoms with Gasteiger partial charge in [0.2, 0.25) is 0 Å². The summed E-state index contributed by atoms with van der Waals surface area (Å²) < 4.78 is 15.9. The normalized spacial score (nSPS) is 10.9. The molecule has 3 heterocycles. The van der Waals surface area contributed by atoms with Crippen molar-refractivity contribution in [1.29, 1.82) is 0 Å². The lowest BCUT2D eigenvalue weighted by Crippen LogP contribution is -1.93.